The van der Waals surface area contributed by atoms with Crippen LogP contribution in [-0.2, 0) is 6.54 Å². The van der Waals surface area contributed by atoms with Gasteiger partial charge in [-0.1, -0.05) is 56.3 Å². The number of nitrogens with zero attached hydrogens (tertiary/aromatic N) is 4. The van der Waals surface area contributed by atoms with E-state index in [1.807, 2.05) is 62.3 Å². The van der Waals surface area contributed by atoms with Gasteiger partial charge >= 0.3 is 0 Å². The quantitative estimate of drug-likeness (QED) is 0.139. The van der Waals surface area contributed by atoms with Gasteiger partial charge in [-0.2, -0.15) is 8.75 Å². The maximum Gasteiger partial charge on any atom is 0.188 e. The van der Waals surface area contributed by atoms with E-state index in [9.17, 15) is 5.11 Å². The molecule has 9 heteroatoms. The maximum absolute atomic E-state index is 9.28. The molecule has 3 N–H and O–H groups in total. The average molecular weight is 491 g/mol. The standard InChI is InChI=1S/C17H20N4OS.C4H10N2.C3H9P/c1-13(14(2)22)8-6-7-11-18-16-17(21-23-20-16)19-12-15-9-4-3-5-10-15;1-5-4-6(2)3;1-3(2)4/h3-11,22H,12H2,1-2H3,(H,18,20)(H,19,21);4H,1-3H3;3H,4H2,1-2H3/b8-6-,11-7+,14-13+;;. The van der Waals surface area contributed by atoms with Crippen molar-refractivity contribution in [1.29, 1.82) is 0 Å². The van der Waals surface area contributed by atoms with Crippen LogP contribution in [0, 0.1) is 0 Å². The van der Waals surface area contributed by atoms with Gasteiger partial charge in [0.05, 0.1) is 23.8 Å². The fraction of sp³-hybridized carbons (Fsp3) is 0.375. The molecule has 1 heterocycles. The summed E-state index contributed by atoms with van der Waals surface area (Å²) in [6.07, 6.45) is 9.05. The maximum atomic E-state index is 9.28. The van der Waals surface area contributed by atoms with E-state index in [0.29, 0.717) is 18.1 Å². The van der Waals surface area contributed by atoms with E-state index in [4.69, 9.17) is 0 Å². The summed E-state index contributed by atoms with van der Waals surface area (Å²) in [7, 11) is 8.28. The molecule has 1 unspecified atom stereocenters. The molecule has 0 saturated heterocycles. The van der Waals surface area contributed by atoms with Crippen molar-refractivity contribution < 1.29 is 5.11 Å². The Hall–Kier alpha value is -2.70. The third-order valence-corrected chi connectivity index (χ3v) is 4.01. The number of nitrogens with one attached hydrogen (secondary N) is 2. The van der Waals surface area contributed by atoms with Crippen molar-refractivity contribution in [1.82, 2.24) is 13.6 Å². The van der Waals surface area contributed by atoms with Gasteiger partial charge in [0.1, 0.15) is 0 Å². The van der Waals surface area contributed by atoms with Crippen molar-refractivity contribution in [3.8, 4) is 0 Å². The third-order valence-electron chi connectivity index (χ3n) is 3.48. The molecule has 33 heavy (non-hydrogen) atoms. The Labute approximate surface area is 206 Å². The first-order valence-electron chi connectivity index (χ1n) is 10.6. The monoisotopic (exact) mass is 490 g/mol. The molecule has 0 spiro atoms. The van der Waals surface area contributed by atoms with E-state index in [0.717, 1.165) is 28.8 Å². The van der Waals surface area contributed by atoms with Crippen LogP contribution in [0.4, 0.5) is 11.6 Å². The predicted octanol–water partition coefficient (Wildman–Crippen LogP) is 5.96. The van der Waals surface area contributed by atoms with E-state index in [2.05, 4.69) is 59.6 Å². The summed E-state index contributed by atoms with van der Waals surface area (Å²) < 4.78 is 8.47. The summed E-state index contributed by atoms with van der Waals surface area (Å²) in [6.45, 7) is 8.47. The van der Waals surface area contributed by atoms with Gasteiger partial charge in [-0.3, -0.25) is 4.99 Å². The number of hydrogen-bond donors (Lipinski definition) is 3. The molecular formula is C24H39N6OPS. The van der Waals surface area contributed by atoms with Gasteiger partial charge in [-0.25, -0.2) is 0 Å². The molecule has 1 atom stereocenters. The van der Waals surface area contributed by atoms with Crippen molar-refractivity contribution in [3.05, 3.63) is 71.7 Å². The summed E-state index contributed by atoms with van der Waals surface area (Å²) in [4.78, 5) is 5.62. The molecule has 0 radical (unpaired) electrons. The summed E-state index contributed by atoms with van der Waals surface area (Å²) >= 11 is 1.16. The predicted molar refractivity (Wildman–Crippen MR) is 150 cm³/mol. The van der Waals surface area contributed by atoms with Crippen LogP contribution in [0.5, 0.6) is 0 Å². The van der Waals surface area contributed by atoms with Crippen LogP contribution in [0.3, 0.4) is 0 Å². The highest BCUT2D eigenvalue weighted by Gasteiger charge is 2.05. The van der Waals surface area contributed by atoms with Crippen LogP contribution in [-0.4, -0.2) is 51.9 Å². The van der Waals surface area contributed by atoms with Crippen LogP contribution < -0.4 is 10.6 Å². The number of rotatable bonds is 8. The number of aliphatic hydroxyl groups is 1. The fourth-order valence-electron chi connectivity index (χ4n) is 1.91. The number of aromatic nitrogens is 2. The van der Waals surface area contributed by atoms with Gasteiger partial charge in [0.2, 0.25) is 0 Å². The molecule has 0 aliphatic rings. The Bertz CT molecular complexity index is 869. The van der Waals surface area contributed by atoms with Gasteiger partial charge in [-0.05, 0) is 36.7 Å². The van der Waals surface area contributed by atoms with Crippen LogP contribution in [0.15, 0.2) is 71.1 Å². The molecule has 0 aliphatic heterocycles. The Balaban J connectivity index is 0.000000860. The van der Waals surface area contributed by atoms with E-state index < -0.39 is 0 Å². The lowest BCUT2D eigenvalue weighted by Gasteiger charge is -2.04. The normalized spacial score (nSPS) is 11.7. The number of anilines is 2. The van der Waals surface area contributed by atoms with Crippen LogP contribution in [0.1, 0.15) is 33.3 Å². The second-order valence-corrected chi connectivity index (χ2v) is 9.37. The zero-order valence-corrected chi connectivity index (χ0v) is 22.8. The zero-order chi connectivity index (χ0) is 25.1. The number of hydrogen-bond acceptors (Lipinski definition) is 7. The van der Waals surface area contributed by atoms with Crippen molar-refractivity contribution in [2.24, 2.45) is 4.99 Å². The summed E-state index contributed by atoms with van der Waals surface area (Å²) in [5, 5.41) is 15.6. The highest BCUT2D eigenvalue weighted by Crippen LogP contribution is 2.19. The molecule has 0 bridgehead atoms. The minimum absolute atomic E-state index is 0.318. The lowest BCUT2D eigenvalue weighted by Crippen LogP contribution is -2.06. The van der Waals surface area contributed by atoms with Gasteiger partial charge in [0.15, 0.2) is 11.6 Å². The largest absolute Gasteiger partial charge is 0.512 e. The second kappa shape index (κ2) is 18.8. The van der Waals surface area contributed by atoms with Crippen molar-refractivity contribution in [2.75, 3.05) is 31.8 Å². The molecule has 0 fully saturated rings. The second-order valence-electron chi connectivity index (χ2n) is 7.51. The van der Waals surface area contributed by atoms with Crippen molar-refractivity contribution in [2.45, 2.75) is 39.9 Å². The molecule has 1 aromatic heterocycles. The molecule has 2 aromatic rings. The zero-order valence-electron chi connectivity index (χ0n) is 20.8. The minimum Gasteiger partial charge on any atom is -0.512 e. The van der Waals surface area contributed by atoms with Crippen LogP contribution >= 0.6 is 21.0 Å². The first-order chi connectivity index (χ1) is 15.7. The van der Waals surface area contributed by atoms with E-state index in [-0.39, 0.29) is 0 Å². The fourth-order valence-corrected chi connectivity index (χ4v) is 2.41. The van der Waals surface area contributed by atoms with Crippen LogP contribution in [0.25, 0.3) is 0 Å². The first-order valence-corrected chi connectivity index (χ1v) is 12.0. The topological polar surface area (TPSA) is 85.7 Å². The molecule has 0 saturated carbocycles. The lowest BCUT2D eigenvalue weighted by molar-refractivity contribution is 0.409. The Morgan fingerprint density at radius 2 is 1.76 bits per heavy atom. The Kier molecular flexibility index (Phi) is 17.3. The van der Waals surface area contributed by atoms with Gasteiger partial charge in [-0.15, -0.1) is 9.24 Å². The SMILES string of the molecule is CC(C)P.CN=CN(C)C.C\C(O)=C(C)/C=C\C=C\Nc1nsnc1NCc1ccccc1. The molecule has 0 aliphatic carbocycles. The summed E-state index contributed by atoms with van der Waals surface area (Å²) in [5.74, 6) is 1.75. The van der Waals surface area contributed by atoms with Crippen molar-refractivity contribution in [3.63, 3.8) is 0 Å². The number of aliphatic imine (C=N–C) groups is 1. The Morgan fingerprint density at radius 3 is 2.27 bits per heavy atom. The smallest absolute Gasteiger partial charge is 0.188 e. The van der Waals surface area contributed by atoms with E-state index >= 15 is 0 Å². The van der Waals surface area contributed by atoms with Gasteiger partial charge in [0, 0.05) is 33.9 Å². The number of benzene rings is 1. The molecular weight excluding hydrogens is 451 g/mol. The van der Waals surface area contributed by atoms with E-state index in [1.54, 1.807) is 26.5 Å². The highest BCUT2D eigenvalue weighted by molar-refractivity contribution is 7.17. The number of aliphatic hydroxyl groups excluding tert-OH is 1. The summed E-state index contributed by atoms with van der Waals surface area (Å²) in [6, 6.07) is 10.1. The van der Waals surface area contributed by atoms with Crippen LogP contribution in [0.2, 0.25) is 0 Å². The Morgan fingerprint density at radius 1 is 1.15 bits per heavy atom. The molecule has 0 amide bonds. The first kappa shape index (κ1) is 30.3. The minimum atomic E-state index is 0.318. The van der Waals surface area contributed by atoms with Gasteiger partial charge in [0.25, 0.3) is 0 Å². The molecule has 7 nitrogen and oxygen atoms in total. The van der Waals surface area contributed by atoms with Crippen molar-refractivity contribution >= 4 is 38.9 Å². The average Bonchev–Trinajstić information content (AvgIpc) is 3.20. The number of allylic oxidation sites excluding steroid dienone is 5. The summed E-state index contributed by atoms with van der Waals surface area (Å²) in [5.41, 5.74) is 2.77. The third kappa shape index (κ3) is 17.5. The molecule has 182 valence electrons. The molecule has 1 aromatic carbocycles. The molecule has 2 rings (SSSR count). The van der Waals surface area contributed by atoms with E-state index in [1.165, 1.54) is 5.56 Å². The highest BCUT2D eigenvalue weighted by atomic mass is 32.1. The van der Waals surface area contributed by atoms with Gasteiger partial charge < -0.3 is 20.6 Å². The lowest BCUT2D eigenvalue weighted by atomic mass is 10.2.